The molecule has 3 N–H and O–H groups in total. The number of benzene rings is 1. The second-order valence-corrected chi connectivity index (χ2v) is 11.2. The van der Waals surface area contributed by atoms with Crippen LogP contribution in [0.3, 0.4) is 0 Å². The number of methoxy groups -OCH3 is 1. The third-order valence-corrected chi connectivity index (χ3v) is 8.58. The zero-order valence-corrected chi connectivity index (χ0v) is 25.4. The predicted molar refractivity (Wildman–Crippen MR) is 169 cm³/mol. The monoisotopic (exact) mass is 590 g/mol. The third kappa shape index (κ3) is 6.79. The molecule has 0 bridgehead atoms. The highest BCUT2D eigenvalue weighted by molar-refractivity contribution is 7.22. The lowest BCUT2D eigenvalue weighted by molar-refractivity contribution is -0.152. The van der Waals surface area contributed by atoms with Gasteiger partial charge >= 0.3 is 12.0 Å². The summed E-state index contributed by atoms with van der Waals surface area (Å²) in [6.07, 6.45) is 8.11. The van der Waals surface area contributed by atoms with Gasteiger partial charge in [0.1, 0.15) is 11.6 Å². The number of nitrogens with one attached hydrogen (secondary N) is 2. The molecule has 3 aromatic rings. The van der Waals surface area contributed by atoms with E-state index in [0.717, 1.165) is 27.8 Å². The molecule has 1 aromatic carbocycles. The van der Waals surface area contributed by atoms with E-state index in [2.05, 4.69) is 32.1 Å². The first-order valence-corrected chi connectivity index (χ1v) is 14.9. The number of ether oxygens (including phenoxy) is 1. The van der Waals surface area contributed by atoms with Crippen LogP contribution in [0.1, 0.15) is 52.0 Å². The number of hydrogen-bond acceptors (Lipinski definition) is 8. The highest BCUT2D eigenvalue weighted by atomic mass is 32.1. The maximum absolute atomic E-state index is 12.2. The van der Waals surface area contributed by atoms with Gasteiger partial charge in [-0.3, -0.25) is 15.1 Å². The molecule has 10 nitrogen and oxygen atoms in total. The normalized spacial score (nSPS) is 15.1. The van der Waals surface area contributed by atoms with Crippen molar-refractivity contribution in [1.29, 1.82) is 0 Å². The van der Waals surface area contributed by atoms with E-state index in [1.165, 1.54) is 11.3 Å². The van der Waals surface area contributed by atoms with Crippen molar-refractivity contribution in [3.05, 3.63) is 54.5 Å². The van der Waals surface area contributed by atoms with E-state index in [-0.39, 0.29) is 6.03 Å². The highest BCUT2D eigenvalue weighted by Gasteiger charge is 2.40. The molecule has 1 aliphatic heterocycles. The fourth-order valence-electron chi connectivity index (χ4n) is 5.21. The van der Waals surface area contributed by atoms with Crippen molar-refractivity contribution < 1.29 is 19.4 Å². The average Bonchev–Trinajstić information content (AvgIpc) is 3.39. The van der Waals surface area contributed by atoms with Crippen LogP contribution < -0.4 is 15.4 Å². The molecule has 0 aliphatic carbocycles. The largest absolute Gasteiger partial charge is 0.497 e. The van der Waals surface area contributed by atoms with Gasteiger partial charge in [-0.2, -0.15) is 0 Å². The van der Waals surface area contributed by atoms with Crippen LogP contribution in [0.5, 0.6) is 5.75 Å². The maximum atomic E-state index is 12.2. The number of allylic oxidation sites excluding steroid dienone is 2. The highest BCUT2D eigenvalue weighted by Crippen LogP contribution is 2.39. The Morgan fingerprint density at radius 3 is 2.67 bits per heavy atom. The van der Waals surface area contributed by atoms with E-state index < -0.39 is 11.4 Å². The van der Waals surface area contributed by atoms with Crippen molar-refractivity contribution in [2.24, 2.45) is 10.4 Å². The number of hydrogen-bond donors (Lipinski definition) is 3. The minimum absolute atomic E-state index is 0.314. The van der Waals surface area contributed by atoms with Crippen molar-refractivity contribution in [2.75, 3.05) is 32.1 Å². The molecule has 0 saturated carbocycles. The molecule has 1 fully saturated rings. The van der Waals surface area contributed by atoms with Gasteiger partial charge in [-0.15, -0.1) is 0 Å². The molecule has 3 heterocycles. The Labute approximate surface area is 250 Å². The van der Waals surface area contributed by atoms with E-state index in [9.17, 15) is 14.7 Å². The number of aliphatic carboxylic acids is 1. The van der Waals surface area contributed by atoms with Crippen LogP contribution in [-0.2, 0) is 4.79 Å². The first kappa shape index (κ1) is 30.7. The molecule has 0 atom stereocenters. The van der Waals surface area contributed by atoms with Gasteiger partial charge in [0.05, 0.1) is 28.4 Å². The molecule has 1 saturated heterocycles. The number of likely N-dealkylation sites (tertiary alicyclic amines) is 1. The summed E-state index contributed by atoms with van der Waals surface area (Å²) in [5, 5.41) is 15.9. The Kier molecular flexibility index (Phi) is 9.95. The van der Waals surface area contributed by atoms with Crippen LogP contribution in [-0.4, -0.2) is 64.9 Å². The Morgan fingerprint density at radius 2 is 2.02 bits per heavy atom. The van der Waals surface area contributed by atoms with Gasteiger partial charge in [0.25, 0.3) is 0 Å². The molecule has 4 rings (SSSR count). The third-order valence-electron chi connectivity index (χ3n) is 7.56. The van der Waals surface area contributed by atoms with Crippen molar-refractivity contribution in [1.82, 2.24) is 20.2 Å². The van der Waals surface area contributed by atoms with Crippen molar-refractivity contribution in [3.63, 3.8) is 0 Å². The Balaban J connectivity index is 1.63. The number of nitrogens with zero attached hydrogens (tertiary/aromatic N) is 4. The number of fused-ring (bicyclic) bond motifs is 1. The number of carbonyl (C=O) groups excluding carboxylic acids is 1. The van der Waals surface area contributed by atoms with Crippen molar-refractivity contribution in [2.45, 2.75) is 46.5 Å². The Morgan fingerprint density at radius 1 is 1.26 bits per heavy atom. The van der Waals surface area contributed by atoms with Gasteiger partial charge in [-0.05, 0) is 62.4 Å². The zero-order valence-electron chi connectivity index (χ0n) is 24.6. The molecule has 0 spiro atoms. The number of aromatic nitrogens is 2. The summed E-state index contributed by atoms with van der Waals surface area (Å²) in [6, 6.07) is 7.35. The molecule has 2 amide bonds. The summed E-state index contributed by atoms with van der Waals surface area (Å²) in [6.45, 7) is 11.7. The van der Waals surface area contributed by atoms with E-state index in [1.54, 1.807) is 25.6 Å². The minimum Gasteiger partial charge on any atom is -0.497 e. The summed E-state index contributed by atoms with van der Waals surface area (Å²) >= 11 is 1.38. The van der Waals surface area contributed by atoms with Crippen LogP contribution in [0.4, 0.5) is 9.93 Å². The van der Waals surface area contributed by atoms with Crippen LogP contribution in [0.15, 0.2) is 53.9 Å². The molecule has 0 radical (unpaired) electrons. The predicted octanol–water partition coefficient (Wildman–Crippen LogP) is 6.42. The van der Waals surface area contributed by atoms with Crippen molar-refractivity contribution >= 4 is 50.5 Å². The lowest BCUT2D eigenvalue weighted by Crippen LogP contribution is -2.43. The first-order chi connectivity index (χ1) is 20.2. The number of thiazole rings is 1. The number of piperidine rings is 1. The topological polar surface area (TPSA) is 129 Å². The van der Waals surface area contributed by atoms with Gasteiger partial charge in [0.15, 0.2) is 5.13 Å². The fourth-order valence-corrected chi connectivity index (χ4v) is 6.18. The number of pyridine rings is 1. The SMILES string of the molecule is C=C(/N=C\C(=C/C)c1cc(-c2cc(OC)ccn2)c2sc(NC(=O)NCC)nc2c1)N1CCC(CCC)(C(=O)O)CC1. The number of anilines is 1. The summed E-state index contributed by atoms with van der Waals surface area (Å²) in [7, 11) is 1.61. The standard InChI is InChI=1S/C31H38N6O4S/c1-6-10-31(28(38)39)11-14-37(15-12-31)20(4)34-19-21(7-2)22-16-24(25-18-23(41-5)9-13-33-25)27-26(17-22)35-30(42-27)36-29(40)32-8-3/h7,9,13,16-19H,4,6,8,10-12,14-15H2,1-3,5H3,(H,38,39)(H2,32,35,36,40)/b21-7+,34-19-. The lowest BCUT2D eigenvalue weighted by Gasteiger charge is -2.39. The van der Waals surface area contributed by atoms with Gasteiger partial charge in [0, 0.05) is 43.7 Å². The molecule has 1 aliphatic rings. The van der Waals surface area contributed by atoms with Gasteiger partial charge in [-0.1, -0.05) is 37.3 Å². The van der Waals surface area contributed by atoms with Gasteiger partial charge < -0.3 is 20.1 Å². The number of aliphatic imine (C=N–C) groups is 1. The second-order valence-electron chi connectivity index (χ2n) is 10.2. The molecule has 42 heavy (non-hydrogen) atoms. The van der Waals surface area contributed by atoms with Gasteiger partial charge in [0.2, 0.25) is 0 Å². The van der Waals surface area contributed by atoms with Crippen molar-refractivity contribution in [3.8, 4) is 17.0 Å². The number of carbonyl (C=O) groups is 2. The number of amides is 2. The van der Waals surface area contributed by atoms with Crippen LogP contribution in [0.25, 0.3) is 27.0 Å². The molecule has 11 heteroatoms. The Hall–Kier alpha value is -4.25. The Bertz CT molecular complexity index is 1520. The van der Waals surface area contributed by atoms with Crippen LogP contribution in [0.2, 0.25) is 0 Å². The summed E-state index contributed by atoms with van der Waals surface area (Å²) in [5.74, 6) is 0.570. The first-order valence-electron chi connectivity index (χ1n) is 14.1. The summed E-state index contributed by atoms with van der Waals surface area (Å²) in [5.41, 5.74) is 3.36. The summed E-state index contributed by atoms with van der Waals surface area (Å²) < 4.78 is 6.32. The van der Waals surface area contributed by atoms with Gasteiger partial charge in [-0.25, -0.2) is 14.8 Å². The fraction of sp³-hybridized carbons (Fsp3) is 0.387. The van der Waals surface area contributed by atoms with E-state index in [0.29, 0.717) is 66.8 Å². The molecular formula is C31H38N6O4S. The minimum atomic E-state index is -0.711. The molecule has 222 valence electrons. The number of carboxylic acids is 1. The van der Waals surface area contributed by atoms with Crippen LogP contribution >= 0.6 is 11.3 Å². The second kappa shape index (κ2) is 13.6. The lowest BCUT2D eigenvalue weighted by atomic mass is 9.75. The summed E-state index contributed by atoms with van der Waals surface area (Å²) in [4.78, 5) is 40.2. The molecule has 2 aromatic heterocycles. The van der Waals surface area contributed by atoms with E-state index in [1.807, 2.05) is 45.0 Å². The molecular weight excluding hydrogens is 552 g/mol. The number of urea groups is 1. The zero-order chi connectivity index (χ0) is 30.3. The smallest absolute Gasteiger partial charge is 0.321 e. The number of rotatable bonds is 11. The number of carboxylic acid groups (broad SMARTS) is 1. The van der Waals surface area contributed by atoms with Crippen LogP contribution in [0, 0.1) is 5.41 Å². The average molecular weight is 591 g/mol. The van der Waals surface area contributed by atoms with E-state index in [4.69, 9.17) is 9.72 Å². The quantitative estimate of drug-likeness (QED) is 0.220. The maximum Gasteiger partial charge on any atom is 0.321 e. The molecule has 0 unspecified atom stereocenters. The van der Waals surface area contributed by atoms with E-state index >= 15 is 0 Å².